The fourth-order valence-electron chi connectivity index (χ4n) is 3.64. The van der Waals surface area contributed by atoms with Crippen LogP contribution in [-0.2, 0) is 9.59 Å². The third kappa shape index (κ3) is 4.33. The van der Waals surface area contributed by atoms with Gasteiger partial charge in [-0.15, -0.1) is 0 Å². The maximum Gasteiger partial charge on any atom is 0.471 e. The molecule has 0 aliphatic carbocycles. The Bertz CT molecular complexity index is 694. The lowest BCUT2D eigenvalue weighted by Crippen LogP contribution is -2.52. The first kappa shape index (κ1) is 19.4. The van der Waals surface area contributed by atoms with Crippen LogP contribution < -0.4 is 4.90 Å². The number of hydrogen-bond donors (Lipinski definition) is 0. The molecule has 0 spiro atoms. The van der Waals surface area contributed by atoms with E-state index in [0.717, 1.165) is 4.90 Å². The lowest BCUT2D eigenvalue weighted by molar-refractivity contribution is -0.187. The lowest BCUT2D eigenvalue weighted by Gasteiger charge is -2.39. The minimum absolute atomic E-state index is 0.0655. The summed E-state index contributed by atoms with van der Waals surface area (Å²) in [6, 6.07) is 6.46. The van der Waals surface area contributed by atoms with Crippen LogP contribution in [0.5, 0.6) is 0 Å². The summed E-state index contributed by atoms with van der Waals surface area (Å²) in [5.74, 6) is -2.62. The first-order valence-corrected chi connectivity index (χ1v) is 8.91. The number of alkyl halides is 3. The number of halogens is 4. The van der Waals surface area contributed by atoms with Gasteiger partial charge in [0.25, 0.3) is 0 Å². The minimum atomic E-state index is -4.88. The Morgan fingerprint density at radius 3 is 2.04 bits per heavy atom. The first-order chi connectivity index (χ1) is 12.8. The number of anilines is 1. The van der Waals surface area contributed by atoms with E-state index < -0.39 is 12.1 Å². The van der Waals surface area contributed by atoms with Crippen LogP contribution in [0.2, 0.25) is 0 Å². The molecule has 2 fully saturated rings. The Labute approximate surface area is 154 Å². The Hall–Kier alpha value is -2.32. The van der Waals surface area contributed by atoms with Crippen molar-refractivity contribution in [3.05, 3.63) is 30.1 Å². The van der Waals surface area contributed by atoms with Gasteiger partial charge in [-0.05, 0) is 25.0 Å². The molecule has 0 atom stereocenters. The summed E-state index contributed by atoms with van der Waals surface area (Å²) in [7, 11) is 0. The summed E-state index contributed by atoms with van der Waals surface area (Å²) in [5.41, 5.74) is 0.503. The van der Waals surface area contributed by atoms with Gasteiger partial charge in [-0.1, -0.05) is 12.1 Å². The Morgan fingerprint density at radius 1 is 0.889 bits per heavy atom. The second-order valence-corrected chi connectivity index (χ2v) is 6.83. The molecule has 1 aromatic rings. The summed E-state index contributed by atoms with van der Waals surface area (Å²) < 4.78 is 51.3. The average molecular weight is 387 g/mol. The molecule has 0 saturated carbocycles. The Morgan fingerprint density at radius 2 is 1.48 bits per heavy atom. The highest BCUT2D eigenvalue weighted by Crippen LogP contribution is 2.26. The predicted octanol–water partition coefficient (Wildman–Crippen LogP) is 2.28. The van der Waals surface area contributed by atoms with Crippen LogP contribution in [0.15, 0.2) is 24.3 Å². The number of hydrogen-bond acceptors (Lipinski definition) is 3. The molecule has 2 heterocycles. The van der Waals surface area contributed by atoms with Gasteiger partial charge >= 0.3 is 12.1 Å². The third-order valence-electron chi connectivity index (χ3n) is 5.16. The highest BCUT2D eigenvalue weighted by Gasteiger charge is 2.44. The summed E-state index contributed by atoms with van der Waals surface area (Å²) in [5, 5.41) is 0. The Kier molecular flexibility index (Phi) is 5.57. The maximum absolute atomic E-state index is 13.9. The number of amides is 2. The molecule has 3 rings (SSSR count). The summed E-state index contributed by atoms with van der Waals surface area (Å²) in [4.78, 5) is 28.2. The van der Waals surface area contributed by atoms with E-state index in [0.29, 0.717) is 31.9 Å². The monoisotopic (exact) mass is 387 g/mol. The zero-order chi connectivity index (χ0) is 19.6. The van der Waals surface area contributed by atoms with Crippen molar-refractivity contribution in [2.24, 2.45) is 5.92 Å². The zero-order valence-corrected chi connectivity index (χ0v) is 14.7. The molecule has 2 saturated heterocycles. The molecule has 2 aliphatic heterocycles. The number of benzene rings is 1. The van der Waals surface area contributed by atoms with Gasteiger partial charge in [0.2, 0.25) is 5.91 Å². The van der Waals surface area contributed by atoms with Gasteiger partial charge in [-0.3, -0.25) is 9.59 Å². The van der Waals surface area contributed by atoms with Crippen molar-refractivity contribution < 1.29 is 27.2 Å². The molecule has 27 heavy (non-hydrogen) atoms. The summed E-state index contributed by atoms with van der Waals surface area (Å²) >= 11 is 0. The predicted molar refractivity (Wildman–Crippen MR) is 90.6 cm³/mol. The number of piperidine rings is 1. The van der Waals surface area contributed by atoms with Crippen LogP contribution in [-0.4, -0.2) is 67.1 Å². The van der Waals surface area contributed by atoms with Gasteiger partial charge < -0.3 is 14.7 Å². The molecule has 5 nitrogen and oxygen atoms in total. The molecular formula is C18H21F4N3O2. The number of carbonyl (C=O) groups is 2. The number of para-hydroxylation sites is 1. The molecule has 2 aliphatic rings. The van der Waals surface area contributed by atoms with Crippen molar-refractivity contribution in [3.63, 3.8) is 0 Å². The Balaban J connectivity index is 1.50. The van der Waals surface area contributed by atoms with Crippen molar-refractivity contribution >= 4 is 17.5 Å². The fraction of sp³-hybridized carbons (Fsp3) is 0.556. The molecule has 0 aromatic heterocycles. The van der Waals surface area contributed by atoms with Gasteiger partial charge in [0, 0.05) is 45.2 Å². The van der Waals surface area contributed by atoms with Crippen LogP contribution in [0, 0.1) is 11.7 Å². The molecule has 0 N–H and O–H groups in total. The van der Waals surface area contributed by atoms with E-state index in [9.17, 15) is 27.2 Å². The normalized spacial score (nSPS) is 19.3. The van der Waals surface area contributed by atoms with Gasteiger partial charge in [0.1, 0.15) is 5.82 Å². The molecule has 148 valence electrons. The van der Waals surface area contributed by atoms with Crippen LogP contribution >= 0.6 is 0 Å². The third-order valence-corrected chi connectivity index (χ3v) is 5.16. The highest BCUT2D eigenvalue weighted by molar-refractivity contribution is 5.83. The fourth-order valence-corrected chi connectivity index (χ4v) is 3.64. The molecule has 9 heteroatoms. The van der Waals surface area contributed by atoms with Gasteiger partial charge in [-0.25, -0.2) is 4.39 Å². The first-order valence-electron chi connectivity index (χ1n) is 8.91. The van der Waals surface area contributed by atoms with E-state index in [1.54, 1.807) is 23.1 Å². The molecule has 0 unspecified atom stereocenters. The van der Waals surface area contributed by atoms with Crippen molar-refractivity contribution in [2.75, 3.05) is 44.2 Å². The zero-order valence-electron chi connectivity index (χ0n) is 14.7. The van der Waals surface area contributed by atoms with Gasteiger partial charge in [0.05, 0.1) is 5.69 Å². The molecule has 1 aromatic carbocycles. The topological polar surface area (TPSA) is 43.9 Å². The largest absolute Gasteiger partial charge is 0.471 e. The molecule has 0 radical (unpaired) electrons. The number of rotatable bonds is 2. The highest BCUT2D eigenvalue weighted by atomic mass is 19.4. The smallest absolute Gasteiger partial charge is 0.366 e. The maximum atomic E-state index is 13.9. The second kappa shape index (κ2) is 7.74. The minimum Gasteiger partial charge on any atom is -0.366 e. The average Bonchev–Trinajstić information content (AvgIpc) is 2.67. The quantitative estimate of drug-likeness (QED) is 0.732. The summed E-state index contributed by atoms with van der Waals surface area (Å²) in [6.07, 6.45) is -4.41. The molecular weight excluding hydrogens is 366 g/mol. The molecule has 2 amide bonds. The second-order valence-electron chi connectivity index (χ2n) is 6.83. The number of piperazine rings is 1. The van der Waals surface area contributed by atoms with Crippen molar-refractivity contribution in [2.45, 2.75) is 19.0 Å². The van der Waals surface area contributed by atoms with E-state index in [1.807, 2.05) is 4.90 Å². The van der Waals surface area contributed by atoms with Gasteiger partial charge in [-0.2, -0.15) is 13.2 Å². The van der Waals surface area contributed by atoms with E-state index >= 15 is 0 Å². The van der Waals surface area contributed by atoms with Crippen molar-refractivity contribution in [3.8, 4) is 0 Å². The van der Waals surface area contributed by atoms with Crippen LogP contribution in [0.25, 0.3) is 0 Å². The van der Waals surface area contributed by atoms with E-state index in [2.05, 4.69) is 0 Å². The summed E-state index contributed by atoms with van der Waals surface area (Å²) in [6.45, 7) is 1.74. The standard InChI is InChI=1S/C18H21F4N3O2/c19-14-3-1-2-4-15(14)23-9-11-24(12-10-23)16(26)13-5-7-25(8-6-13)17(27)18(20,21)22/h1-4,13H,5-12H2. The number of likely N-dealkylation sites (tertiary alicyclic amines) is 1. The van der Waals surface area contributed by atoms with Crippen molar-refractivity contribution in [1.29, 1.82) is 0 Å². The van der Waals surface area contributed by atoms with Crippen LogP contribution in [0.4, 0.5) is 23.2 Å². The number of carbonyl (C=O) groups excluding carboxylic acids is 2. The van der Waals surface area contributed by atoms with E-state index in [-0.39, 0.29) is 43.6 Å². The van der Waals surface area contributed by atoms with Crippen molar-refractivity contribution in [1.82, 2.24) is 9.80 Å². The van der Waals surface area contributed by atoms with E-state index in [4.69, 9.17) is 0 Å². The van der Waals surface area contributed by atoms with Crippen LogP contribution in [0.3, 0.4) is 0 Å². The van der Waals surface area contributed by atoms with E-state index in [1.165, 1.54) is 6.07 Å². The molecule has 0 bridgehead atoms. The number of nitrogens with zero attached hydrogens (tertiary/aromatic N) is 3. The van der Waals surface area contributed by atoms with Crippen LogP contribution in [0.1, 0.15) is 12.8 Å². The SMILES string of the molecule is O=C(C1CCN(C(=O)C(F)(F)F)CC1)N1CCN(c2ccccc2F)CC1. The van der Waals surface area contributed by atoms with Gasteiger partial charge in [0.15, 0.2) is 0 Å². The lowest BCUT2D eigenvalue weighted by atomic mass is 9.95.